The van der Waals surface area contributed by atoms with Gasteiger partial charge >= 0.3 is 0 Å². The number of carbonyl (C=O) groups is 2. The molecule has 0 radical (unpaired) electrons. The summed E-state index contributed by atoms with van der Waals surface area (Å²) in [7, 11) is -2.80. The van der Waals surface area contributed by atoms with Crippen LogP contribution in [0.25, 0.3) is 0 Å². The predicted octanol–water partition coefficient (Wildman–Crippen LogP) is 5.68. The van der Waals surface area contributed by atoms with Gasteiger partial charge in [-0.1, -0.05) is 77.8 Å². The van der Waals surface area contributed by atoms with Crippen LogP contribution in [-0.4, -0.2) is 44.8 Å². The van der Waals surface area contributed by atoms with E-state index in [0.717, 1.165) is 15.4 Å². The van der Waals surface area contributed by atoms with Crippen molar-refractivity contribution in [3.63, 3.8) is 0 Å². The number of rotatable bonds is 11. The Morgan fingerprint density at radius 1 is 0.907 bits per heavy atom. The van der Waals surface area contributed by atoms with Crippen molar-refractivity contribution in [1.82, 2.24) is 10.2 Å². The second kappa shape index (κ2) is 13.8. The van der Waals surface area contributed by atoms with Crippen LogP contribution in [0.2, 0.25) is 5.02 Å². The van der Waals surface area contributed by atoms with E-state index in [1.165, 1.54) is 48.3 Å². The molecule has 4 aromatic rings. The summed E-state index contributed by atoms with van der Waals surface area (Å²) >= 11 is 6.18. The highest BCUT2D eigenvalue weighted by molar-refractivity contribution is 7.92. The lowest BCUT2D eigenvalue weighted by Crippen LogP contribution is -2.53. The number of aryl methyl sites for hydroxylation is 2. The molecule has 0 unspecified atom stereocenters. The van der Waals surface area contributed by atoms with E-state index in [2.05, 4.69) is 5.32 Å². The molecule has 0 heterocycles. The SMILES string of the molecule is CNC(=O)[C@@H](Cc1ccccc1)N(Cc1ccccc1F)C(=O)CN(c1ccc(Cl)cc1C)S(=O)(=O)c1ccc(C)cc1. The van der Waals surface area contributed by atoms with Gasteiger partial charge < -0.3 is 10.2 Å². The fourth-order valence-electron chi connectivity index (χ4n) is 4.78. The summed E-state index contributed by atoms with van der Waals surface area (Å²) in [6, 6.07) is 25.0. The number of sulfonamides is 1. The lowest BCUT2D eigenvalue weighted by molar-refractivity contribution is -0.139. The van der Waals surface area contributed by atoms with Gasteiger partial charge in [-0.25, -0.2) is 12.8 Å². The zero-order chi connectivity index (χ0) is 31.1. The Morgan fingerprint density at radius 2 is 1.56 bits per heavy atom. The maximum absolute atomic E-state index is 14.9. The van der Waals surface area contributed by atoms with Crippen LogP contribution >= 0.6 is 11.6 Å². The van der Waals surface area contributed by atoms with Gasteiger partial charge in [-0.15, -0.1) is 0 Å². The first-order chi connectivity index (χ1) is 20.5. The van der Waals surface area contributed by atoms with Crippen LogP contribution in [0.4, 0.5) is 10.1 Å². The summed E-state index contributed by atoms with van der Waals surface area (Å²) in [6.45, 7) is 2.64. The molecule has 4 rings (SSSR count). The van der Waals surface area contributed by atoms with Crippen molar-refractivity contribution in [2.75, 3.05) is 17.9 Å². The first-order valence-corrected chi connectivity index (χ1v) is 15.5. The van der Waals surface area contributed by atoms with E-state index in [1.54, 1.807) is 37.3 Å². The lowest BCUT2D eigenvalue weighted by Gasteiger charge is -2.34. The van der Waals surface area contributed by atoms with Crippen LogP contribution in [0.5, 0.6) is 0 Å². The van der Waals surface area contributed by atoms with E-state index in [4.69, 9.17) is 11.6 Å². The third-order valence-corrected chi connectivity index (χ3v) is 9.14. The first kappa shape index (κ1) is 31.7. The molecular weight excluding hydrogens is 589 g/mol. The number of hydrogen-bond donors (Lipinski definition) is 1. The van der Waals surface area contributed by atoms with Crippen molar-refractivity contribution in [2.24, 2.45) is 0 Å². The number of amides is 2. The second-order valence-electron chi connectivity index (χ2n) is 10.2. The highest BCUT2D eigenvalue weighted by Crippen LogP contribution is 2.30. The van der Waals surface area contributed by atoms with Gasteiger partial charge in [-0.2, -0.15) is 0 Å². The third kappa shape index (κ3) is 7.60. The molecule has 4 aromatic carbocycles. The number of benzene rings is 4. The minimum atomic E-state index is -4.26. The van der Waals surface area contributed by atoms with Crippen LogP contribution in [-0.2, 0) is 32.6 Å². The number of nitrogens with zero attached hydrogens (tertiary/aromatic N) is 2. The van der Waals surface area contributed by atoms with Crippen LogP contribution in [0, 0.1) is 19.7 Å². The minimum Gasteiger partial charge on any atom is -0.357 e. The molecule has 0 aliphatic rings. The highest BCUT2D eigenvalue weighted by atomic mass is 35.5. The van der Waals surface area contributed by atoms with E-state index in [9.17, 15) is 22.4 Å². The molecule has 10 heteroatoms. The number of nitrogens with one attached hydrogen (secondary N) is 1. The van der Waals surface area contributed by atoms with Crippen LogP contribution < -0.4 is 9.62 Å². The molecule has 2 amide bonds. The van der Waals surface area contributed by atoms with Crippen molar-refractivity contribution in [1.29, 1.82) is 0 Å². The summed E-state index contributed by atoms with van der Waals surface area (Å²) in [5, 5.41) is 3.02. The molecular formula is C33H33ClFN3O4S. The minimum absolute atomic E-state index is 0.00644. The molecule has 1 atom stereocenters. The van der Waals surface area contributed by atoms with Gasteiger partial charge in [0, 0.05) is 30.6 Å². The quantitative estimate of drug-likeness (QED) is 0.234. The molecule has 0 saturated heterocycles. The maximum Gasteiger partial charge on any atom is 0.264 e. The number of anilines is 1. The smallest absolute Gasteiger partial charge is 0.264 e. The zero-order valence-corrected chi connectivity index (χ0v) is 25.7. The fraction of sp³-hybridized carbons (Fsp3) is 0.212. The van der Waals surface area contributed by atoms with Crippen molar-refractivity contribution in [3.05, 3.63) is 130 Å². The Morgan fingerprint density at radius 3 is 2.19 bits per heavy atom. The van der Waals surface area contributed by atoms with Crippen molar-refractivity contribution < 1.29 is 22.4 Å². The normalized spacial score (nSPS) is 11.9. The van der Waals surface area contributed by atoms with Gasteiger partial charge in [0.1, 0.15) is 18.4 Å². The van der Waals surface area contributed by atoms with Crippen molar-refractivity contribution >= 4 is 39.1 Å². The molecule has 0 aliphatic carbocycles. The van der Waals surface area contributed by atoms with Crippen LogP contribution in [0.3, 0.4) is 0 Å². The third-order valence-electron chi connectivity index (χ3n) is 7.13. The fourth-order valence-corrected chi connectivity index (χ4v) is 6.49. The summed E-state index contributed by atoms with van der Waals surface area (Å²) < 4.78 is 44.1. The summed E-state index contributed by atoms with van der Waals surface area (Å²) in [5.41, 5.74) is 2.62. The highest BCUT2D eigenvalue weighted by Gasteiger charge is 2.35. The molecule has 0 bridgehead atoms. The topological polar surface area (TPSA) is 86.8 Å². The Balaban J connectivity index is 1.82. The molecule has 0 aliphatic heterocycles. The Bertz CT molecular complexity index is 1700. The molecule has 0 saturated carbocycles. The van der Waals surface area contributed by atoms with Crippen LogP contribution in [0.1, 0.15) is 22.3 Å². The average Bonchev–Trinajstić information content (AvgIpc) is 2.99. The van der Waals surface area contributed by atoms with Crippen molar-refractivity contribution in [2.45, 2.75) is 37.8 Å². The molecule has 0 spiro atoms. The van der Waals surface area contributed by atoms with E-state index in [-0.39, 0.29) is 29.1 Å². The number of carbonyl (C=O) groups excluding carboxylic acids is 2. The van der Waals surface area contributed by atoms with Crippen molar-refractivity contribution in [3.8, 4) is 0 Å². The Kier molecular flexibility index (Phi) is 10.2. The monoisotopic (exact) mass is 621 g/mol. The number of hydrogen-bond acceptors (Lipinski definition) is 4. The summed E-state index contributed by atoms with van der Waals surface area (Å²) in [4.78, 5) is 28.8. The largest absolute Gasteiger partial charge is 0.357 e. The Hall–Kier alpha value is -4.21. The van der Waals surface area contributed by atoms with E-state index in [1.807, 2.05) is 37.3 Å². The lowest BCUT2D eigenvalue weighted by atomic mass is 10.0. The summed E-state index contributed by atoms with van der Waals surface area (Å²) in [6.07, 6.45) is 0.130. The van der Waals surface area contributed by atoms with Crippen LogP contribution in [0.15, 0.2) is 102 Å². The van der Waals surface area contributed by atoms with Gasteiger partial charge in [-0.3, -0.25) is 13.9 Å². The molecule has 224 valence electrons. The number of likely N-dealkylation sites (N-methyl/N-ethyl adjacent to an activating group) is 1. The van der Waals surface area contributed by atoms with E-state index in [0.29, 0.717) is 10.6 Å². The molecule has 0 aromatic heterocycles. The van der Waals surface area contributed by atoms with Gasteiger partial charge in [-0.05, 0) is 61.4 Å². The predicted molar refractivity (Wildman–Crippen MR) is 167 cm³/mol. The van der Waals surface area contributed by atoms with Gasteiger partial charge in [0.05, 0.1) is 10.6 Å². The number of halogens is 2. The Labute approximate surface area is 257 Å². The van der Waals surface area contributed by atoms with Gasteiger partial charge in [0.25, 0.3) is 10.0 Å². The van der Waals surface area contributed by atoms with E-state index < -0.39 is 40.2 Å². The molecule has 0 fully saturated rings. The van der Waals surface area contributed by atoms with Gasteiger partial charge in [0.15, 0.2) is 0 Å². The average molecular weight is 622 g/mol. The zero-order valence-electron chi connectivity index (χ0n) is 24.1. The molecule has 7 nitrogen and oxygen atoms in total. The standard InChI is InChI=1S/C33H33ClFN3O4S/c1-23-13-16-28(17-14-23)43(41,42)38(30-18-15-27(34)19-24(30)2)22-32(39)37(21-26-11-7-8-12-29(26)35)31(33(40)36-3)20-25-9-5-4-6-10-25/h4-19,31H,20-22H2,1-3H3,(H,36,40)/t31-/m1/s1. The first-order valence-electron chi connectivity index (χ1n) is 13.6. The molecule has 43 heavy (non-hydrogen) atoms. The van der Waals surface area contributed by atoms with E-state index >= 15 is 0 Å². The van der Waals surface area contributed by atoms with Gasteiger partial charge in [0.2, 0.25) is 11.8 Å². The maximum atomic E-state index is 14.9. The molecule has 1 N–H and O–H groups in total. The summed E-state index contributed by atoms with van der Waals surface area (Å²) in [5.74, 6) is -1.70. The second-order valence-corrected chi connectivity index (χ2v) is 12.5.